The van der Waals surface area contributed by atoms with Gasteiger partial charge >= 0.3 is 0 Å². The van der Waals surface area contributed by atoms with Gasteiger partial charge in [0.1, 0.15) is 0 Å². The Morgan fingerprint density at radius 3 is 2.72 bits per heavy atom. The maximum absolute atomic E-state index is 9.63. The Kier molecular flexibility index (Phi) is 4.32. The van der Waals surface area contributed by atoms with Gasteiger partial charge in [0.15, 0.2) is 0 Å². The minimum atomic E-state index is -0.125. The number of aliphatic hydroxyl groups excluding tert-OH is 1. The molecule has 0 saturated carbocycles. The summed E-state index contributed by atoms with van der Waals surface area (Å²) in [6.07, 6.45) is 1.92. The van der Waals surface area contributed by atoms with Crippen LogP contribution in [0.15, 0.2) is 0 Å². The van der Waals surface area contributed by atoms with E-state index in [1.807, 2.05) is 0 Å². The van der Waals surface area contributed by atoms with Crippen molar-refractivity contribution in [2.24, 2.45) is 5.41 Å². The van der Waals surface area contributed by atoms with Gasteiger partial charge in [-0.05, 0) is 33.6 Å². The van der Waals surface area contributed by atoms with Gasteiger partial charge in [0.2, 0.25) is 0 Å². The summed E-state index contributed by atoms with van der Waals surface area (Å²) in [6.45, 7) is 12.2. The molecular formula is C14H28N2O2. The average molecular weight is 256 g/mol. The molecule has 18 heavy (non-hydrogen) atoms. The Morgan fingerprint density at radius 1 is 1.44 bits per heavy atom. The van der Waals surface area contributed by atoms with Gasteiger partial charge in [0.25, 0.3) is 0 Å². The first-order valence-electron chi connectivity index (χ1n) is 7.12. The highest BCUT2D eigenvalue weighted by Crippen LogP contribution is 2.31. The minimum absolute atomic E-state index is 0.125. The van der Waals surface area contributed by atoms with Gasteiger partial charge in [-0.15, -0.1) is 0 Å². The summed E-state index contributed by atoms with van der Waals surface area (Å²) in [5, 5.41) is 13.2. The molecule has 0 spiro atoms. The molecule has 0 aromatic carbocycles. The molecule has 106 valence electrons. The van der Waals surface area contributed by atoms with Gasteiger partial charge in [-0.1, -0.05) is 0 Å². The molecular weight excluding hydrogens is 228 g/mol. The Morgan fingerprint density at radius 2 is 2.22 bits per heavy atom. The van der Waals surface area contributed by atoms with Gasteiger partial charge in [0.05, 0.1) is 12.7 Å². The zero-order valence-electron chi connectivity index (χ0n) is 12.0. The summed E-state index contributed by atoms with van der Waals surface area (Å²) >= 11 is 0. The van der Waals surface area contributed by atoms with Crippen molar-refractivity contribution in [2.45, 2.75) is 45.3 Å². The van der Waals surface area contributed by atoms with Crippen LogP contribution in [0.5, 0.6) is 0 Å². The van der Waals surface area contributed by atoms with Gasteiger partial charge in [-0.25, -0.2) is 0 Å². The van der Waals surface area contributed by atoms with Crippen LogP contribution in [-0.4, -0.2) is 61.0 Å². The third kappa shape index (κ3) is 3.92. The number of rotatable bonds is 4. The van der Waals surface area contributed by atoms with E-state index in [0.29, 0.717) is 0 Å². The lowest BCUT2D eigenvalue weighted by atomic mass is 9.85. The minimum Gasteiger partial charge on any atom is -0.392 e. The van der Waals surface area contributed by atoms with Crippen molar-refractivity contribution < 1.29 is 9.84 Å². The van der Waals surface area contributed by atoms with Crippen LogP contribution in [0.25, 0.3) is 0 Å². The summed E-state index contributed by atoms with van der Waals surface area (Å²) in [7, 11) is 0. The summed E-state index contributed by atoms with van der Waals surface area (Å²) in [5.74, 6) is 0. The molecule has 2 aliphatic heterocycles. The maximum atomic E-state index is 9.63. The van der Waals surface area contributed by atoms with Crippen molar-refractivity contribution in [2.75, 3.05) is 39.4 Å². The molecule has 4 nitrogen and oxygen atoms in total. The van der Waals surface area contributed by atoms with Crippen LogP contribution >= 0.6 is 0 Å². The molecule has 2 heterocycles. The SMILES string of the molecule is CC(C)(C)NCC1(CN2CCC(O)C2)CCOC1. The smallest absolute Gasteiger partial charge is 0.0679 e. The molecule has 2 saturated heterocycles. The molecule has 4 heteroatoms. The predicted molar refractivity (Wildman–Crippen MR) is 72.7 cm³/mol. The van der Waals surface area contributed by atoms with Crippen LogP contribution in [0.1, 0.15) is 33.6 Å². The fourth-order valence-electron chi connectivity index (χ4n) is 2.85. The molecule has 2 aliphatic rings. The lowest BCUT2D eigenvalue weighted by Crippen LogP contribution is -2.49. The Hall–Kier alpha value is -0.160. The second-order valence-corrected chi connectivity index (χ2v) is 7.08. The van der Waals surface area contributed by atoms with E-state index in [9.17, 15) is 5.11 Å². The topological polar surface area (TPSA) is 44.7 Å². The third-order valence-corrected chi connectivity index (χ3v) is 3.99. The number of aliphatic hydroxyl groups is 1. The lowest BCUT2D eigenvalue weighted by Gasteiger charge is -2.35. The van der Waals surface area contributed by atoms with E-state index in [1.165, 1.54) is 0 Å². The number of β-amino-alcohol motifs (C(OH)–C–C–N with tert-alkyl or cyclic N) is 1. The van der Waals surface area contributed by atoms with Crippen molar-refractivity contribution >= 4 is 0 Å². The maximum Gasteiger partial charge on any atom is 0.0679 e. The summed E-state index contributed by atoms with van der Waals surface area (Å²) in [5.41, 5.74) is 0.386. The number of likely N-dealkylation sites (tertiary alicyclic amines) is 1. The molecule has 0 aliphatic carbocycles. The number of nitrogens with one attached hydrogen (secondary N) is 1. The number of hydrogen-bond acceptors (Lipinski definition) is 4. The standard InChI is InChI=1S/C14H28N2O2/c1-13(2,3)15-9-14(5-7-18-11-14)10-16-6-4-12(17)8-16/h12,15,17H,4-11H2,1-3H3. The van der Waals surface area contributed by atoms with Crippen LogP contribution in [-0.2, 0) is 4.74 Å². The third-order valence-electron chi connectivity index (χ3n) is 3.99. The first-order valence-corrected chi connectivity index (χ1v) is 7.12. The first kappa shape index (κ1) is 14.3. The molecule has 2 atom stereocenters. The molecule has 0 aromatic rings. The van der Waals surface area contributed by atoms with Crippen molar-refractivity contribution in [1.29, 1.82) is 0 Å². The molecule has 0 radical (unpaired) electrons. The molecule has 2 unspecified atom stereocenters. The largest absolute Gasteiger partial charge is 0.392 e. The van der Waals surface area contributed by atoms with E-state index in [1.54, 1.807) is 0 Å². The van der Waals surface area contributed by atoms with Crippen LogP contribution in [0.3, 0.4) is 0 Å². The highest BCUT2D eigenvalue weighted by molar-refractivity contribution is 4.92. The second kappa shape index (κ2) is 5.45. The number of hydrogen-bond donors (Lipinski definition) is 2. The normalized spacial score (nSPS) is 34.3. The Labute approximate surface area is 111 Å². The molecule has 0 bridgehead atoms. The summed E-state index contributed by atoms with van der Waals surface area (Å²) < 4.78 is 5.63. The van der Waals surface area contributed by atoms with E-state index in [2.05, 4.69) is 31.0 Å². The van der Waals surface area contributed by atoms with E-state index >= 15 is 0 Å². The van der Waals surface area contributed by atoms with Crippen LogP contribution < -0.4 is 5.32 Å². The molecule has 0 amide bonds. The molecule has 0 aromatic heterocycles. The molecule has 2 fully saturated rings. The first-order chi connectivity index (χ1) is 8.39. The highest BCUT2D eigenvalue weighted by atomic mass is 16.5. The predicted octanol–water partition coefficient (Wildman–Crippen LogP) is 0.848. The Balaban J connectivity index is 1.90. The van der Waals surface area contributed by atoms with Crippen LogP contribution in [0, 0.1) is 5.41 Å². The van der Waals surface area contributed by atoms with Gasteiger partial charge < -0.3 is 15.2 Å². The van der Waals surface area contributed by atoms with Crippen molar-refractivity contribution in [3.05, 3.63) is 0 Å². The monoisotopic (exact) mass is 256 g/mol. The Bertz CT molecular complexity index is 269. The van der Waals surface area contributed by atoms with Crippen LogP contribution in [0.4, 0.5) is 0 Å². The molecule has 2 rings (SSSR count). The zero-order valence-corrected chi connectivity index (χ0v) is 12.0. The highest BCUT2D eigenvalue weighted by Gasteiger charge is 2.38. The fraction of sp³-hybridized carbons (Fsp3) is 1.00. The summed E-state index contributed by atoms with van der Waals surface area (Å²) in [6, 6.07) is 0. The van der Waals surface area contributed by atoms with E-state index in [4.69, 9.17) is 4.74 Å². The second-order valence-electron chi connectivity index (χ2n) is 7.08. The van der Waals surface area contributed by atoms with Gasteiger partial charge in [-0.2, -0.15) is 0 Å². The lowest BCUT2D eigenvalue weighted by molar-refractivity contribution is 0.103. The fourth-order valence-corrected chi connectivity index (χ4v) is 2.85. The summed E-state index contributed by atoms with van der Waals surface area (Å²) in [4.78, 5) is 2.39. The van der Waals surface area contributed by atoms with E-state index in [-0.39, 0.29) is 17.1 Å². The van der Waals surface area contributed by atoms with Crippen molar-refractivity contribution in [3.8, 4) is 0 Å². The quantitative estimate of drug-likeness (QED) is 0.783. The zero-order chi connectivity index (χ0) is 13.2. The van der Waals surface area contributed by atoms with Gasteiger partial charge in [0, 0.05) is 43.7 Å². The van der Waals surface area contributed by atoms with Gasteiger partial charge in [-0.3, -0.25) is 4.90 Å². The average Bonchev–Trinajstić information content (AvgIpc) is 2.86. The van der Waals surface area contributed by atoms with E-state index in [0.717, 1.165) is 52.2 Å². The number of ether oxygens (including phenoxy) is 1. The molecule has 2 N–H and O–H groups in total. The number of nitrogens with zero attached hydrogens (tertiary/aromatic N) is 1. The van der Waals surface area contributed by atoms with Crippen molar-refractivity contribution in [3.63, 3.8) is 0 Å². The van der Waals surface area contributed by atoms with Crippen molar-refractivity contribution in [1.82, 2.24) is 10.2 Å². The van der Waals surface area contributed by atoms with Crippen LogP contribution in [0.2, 0.25) is 0 Å². The van der Waals surface area contributed by atoms with E-state index < -0.39 is 0 Å².